The number of nitrogens with one attached hydrogen (secondary N) is 1. The van der Waals surface area contributed by atoms with Gasteiger partial charge in [0.15, 0.2) is 0 Å². The average molecular weight is 273 g/mol. The lowest BCUT2D eigenvalue weighted by Gasteiger charge is -2.38. The summed E-state index contributed by atoms with van der Waals surface area (Å²) in [5.41, 5.74) is 2.83. The second-order valence-electron chi connectivity index (χ2n) is 7.19. The van der Waals surface area contributed by atoms with Gasteiger partial charge in [0.25, 0.3) is 0 Å². The Morgan fingerprint density at radius 1 is 1.15 bits per heavy atom. The second kappa shape index (κ2) is 5.50. The van der Waals surface area contributed by atoms with Crippen molar-refractivity contribution in [3.63, 3.8) is 0 Å². The molecule has 1 saturated carbocycles. The predicted molar refractivity (Wildman–Crippen MR) is 82.8 cm³/mol. The molecule has 1 aromatic carbocycles. The molecule has 20 heavy (non-hydrogen) atoms. The minimum atomic E-state index is 0.0251. The molecule has 0 amide bonds. The normalized spacial score (nSPS) is 27.2. The maximum Gasteiger partial charge on any atom is 0.0641 e. The van der Waals surface area contributed by atoms with E-state index in [1.54, 1.807) is 0 Å². The minimum Gasteiger partial charge on any atom is -0.375 e. The number of hydrogen-bond acceptors (Lipinski definition) is 2. The molecule has 2 unspecified atom stereocenters. The first kappa shape index (κ1) is 14.1. The Balaban J connectivity index is 1.70. The van der Waals surface area contributed by atoms with Crippen LogP contribution in [0.3, 0.4) is 0 Å². The summed E-state index contributed by atoms with van der Waals surface area (Å²) in [5, 5.41) is 3.93. The monoisotopic (exact) mass is 273 g/mol. The summed E-state index contributed by atoms with van der Waals surface area (Å²) < 4.78 is 5.83. The fraction of sp³-hybridized carbons (Fsp3) is 0.667. The Kier molecular flexibility index (Phi) is 3.87. The van der Waals surface area contributed by atoms with Gasteiger partial charge in [0, 0.05) is 18.7 Å². The van der Waals surface area contributed by atoms with E-state index in [4.69, 9.17) is 4.74 Å². The molecule has 1 aliphatic carbocycles. The summed E-state index contributed by atoms with van der Waals surface area (Å²) >= 11 is 0. The van der Waals surface area contributed by atoms with Crippen LogP contribution in [0, 0.1) is 12.8 Å². The largest absolute Gasteiger partial charge is 0.375 e. The second-order valence-corrected chi connectivity index (χ2v) is 7.19. The number of hydrogen-bond donors (Lipinski definition) is 1. The van der Waals surface area contributed by atoms with E-state index < -0.39 is 0 Å². The van der Waals surface area contributed by atoms with Gasteiger partial charge < -0.3 is 10.1 Å². The lowest BCUT2D eigenvalue weighted by atomic mass is 9.91. The Morgan fingerprint density at radius 2 is 1.85 bits per heavy atom. The van der Waals surface area contributed by atoms with Crippen LogP contribution in [-0.2, 0) is 4.74 Å². The summed E-state index contributed by atoms with van der Waals surface area (Å²) in [4.78, 5) is 0. The highest BCUT2D eigenvalue weighted by Crippen LogP contribution is 2.42. The van der Waals surface area contributed by atoms with Crippen LogP contribution in [0.15, 0.2) is 24.3 Å². The van der Waals surface area contributed by atoms with E-state index in [2.05, 4.69) is 50.4 Å². The Morgan fingerprint density at radius 3 is 2.45 bits per heavy atom. The maximum absolute atomic E-state index is 5.83. The van der Waals surface area contributed by atoms with Crippen molar-refractivity contribution < 1.29 is 4.74 Å². The number of ether oxygens (including phenoxy) is 1. The predicted octanol–water partition coefficient (Wildman–Crippen LogP) is 3.99. The van der Waals surface area contributed by atoms with Crippen molar-refractivity contribution in [3.05, 3.63) is 35.4 Å². The molecule has 1 heterocycles. The zero-order valence-electron chi connectivity index (χ0n) is 13.0. The fourth-order valence-electron chi connectivity index (χ4n) is 3.34. The Labute approximate surface area is 122 Å². The topological polar surface area (TPSA) is 21.3 Å². The van der Waals surface area contributed by atoms with Gasteiger partial charge >= 0.3 is 0 Å². The minimum absolute atomic E-state index is 0.0251. The molecule has 1 saturated heterocycles. The zero-order chi connectivity index (χ0) is 14.2. The van der Waals surface area contributed by atoms with E-state index >= 15 is 0 Å². The van der Waals surface area contributed by atoms with Crippen molar-refractivity contribution >= 4 is 0 Å². The molecule has 3 rings (SSSR count). The van der Waals surface area contributed by atoms with Gasteiger partial charge in [-0.05, 0) is 57.9 Å². The van der Waals surface area contributed by atoms with Gasteiger partial charge in [-0.2, -0.15) is 0 Å². The molecular formula is C18H27NO. The summed E-state index contributed by atoms with van der Waals surface area (Å²) in [6.07, 6.45) is 5.00. The molecule has 0 spiro atoms. The Bertz CT molecular complexity index is 447. The fourth-order valence-corrected chi connectivity index (χ4v) is 3.34. The number of benzene rings is 1. The van der Waals surface area contributed by atoms with Gasteiger partial charge in [-0.3, -0.25) is 0 Å². The van der Waals surface area contributed by atoms with E-state index in [1.807, 2.05) is 0 Å². The van der Waals surface area contributed by atoms with Gasteiger partial charge in [-0.1, -0.05) is 29.8 Å². The van der Waals surface area contributed by atoms with Crippen LogP contribution < -0.4 is 5.32 Å². The molecule has 110 valence electrons. The molecule has 1 aliphatic heterocycles. The first-order chi connectivity index (χ1) is 9.53. The van der Waals surface area contributed by atoms with Crippen molar-refractivity contribution in [2.24, 2.45) is 5.92 Å². The lowest BCUT2D eigenvalue weighted by molar-refractivity contribution is -0.0645. The highest BCUT2D eigenvalue weighted by Gasteiger charge is 2.36. The molecule has 2 atom stereocenters. The Hall–Kier alpha value is -0.860. The number of aryl methyl sites for hydroxylation is 1. The van der Waals surface area contributed by atoms with E-state index in [0.29, 0.717) is 12.1 Å². The van der Waals surface area contributed by atoms with E-state index in [-0.39, 0.29) is 5.60 Å². The third kappa shape index (κ3) is 3.42. The summed E-state index contributed by atoms with van der Waals surface area (Å²) in [6.45, 7) is 7.46. The molecule has 2 nitrogen and oxygen atoms in total. The molecule has 2 fully saturated rings. The maximum atomic E-state index is 5.83. The van der Waals surface area contributed by atoms with Gasteiger partial charge in [0.05, 0.1) is 5.60 Å². The molecule has 0 aromatic heterocycles. The van der Waals surface area contributed by atoms with Gasteiger partial charge in [0.1, 0.15) is 0 Å². The molecule has 2 aliphatic rings. The van der Waals surface area contributed by atoms with Crippen LogP contribution in [-0.4, -0.2) is 18.2 Å². The SMILES string of the molecule is Cc1ccc(C(NC2CCOC(C)(C)C2)C2CC2)cc1. The van der Waals surface area contributed by atoms with Crippen molar-refractivity contribution in [1.29, 1.82) is 0 Å². The van der Waals surface area contributed by atoms with Crippen molar-refractivity contribution in [2.75, 3.05) is 6.61 Å². The third-order valence-corrected chi connectivity index (χ3v) is 4.64. The highest BCUT2D eigenvalue weighted by atomic mass is 16.5. The summed E-state index contributed by atoms with van der Waals surface area (Å²) in [5.74, 6) is 0.837. The molecular weight excluding hydrogens is 246 g/mol. The standard InChI is InChI=1S/C18H27NO/c1-13-4-6-14(7-5-13)17(15-8-9-15)19-16-10-11-20-18(2,3)12-16/h4-7,15-17,19H,8-12H2,1-3H3. The van der Waals surface area contributed by atoms with Crippen molar-refractivity contribution in [1.82, 2.24) is 5.32 Å². The van der Waals surface area contributed by atoms with E-state index in [9.17, 15) is 0 Å². The first-order valence-corrected chi connectivity index (χ1v) is 8.00. The molecule has 2 heteroatoms. The van der Waals surface area contributed by atoms with Gasteiger partial charge in [-0.15, -0.1) is 0 Å². The number of rotatable bonds is 4. The smallest absolute Gasteiger partial charge is 0.0641 e. The van der Waals surface area contributed by atoms with Crippen LogP contribution in [0.2, 0.25) is 0 Å². The van der Waals surface area contributed by atoms with Crippen LogP contribution in [0.4, 0.5) is 0 Å². The summed E-state index contributed by atoms with van der Waals surface area (Å²) in [6, 6.07) is 10.2. The van der Waals surface area contributed by atoms with Crippen LogP contribution in [0.1, 0.15) is 56.7 Å². The molecule has 1 aromatic rings. The summed E-state index contributed by atoms with van der Waals surface area (Å²) in [7, 11) is 0. The van der Waals surface area contributed by atoms with Crippen LogP contribution in [0.5, 0.6) is 0 Å². The lowest BCUT2D eigenvalue weighted by Crippen LogP contribution is -2.45. The average Bonchev–Trinajstić information content (AvgIpc) is 3.20. The van der Waals surface area contributed by atoms with Gasteiger partial charge in [-0.25, -0.2) is 0 Å². The van der Waals surface area contributed by atoms with Crippen molar-refractivity contribution in [2.45, 2.75) is 64.1 Å². The van der Waals surface area contributed by atoms with Gasteiger partial charge in [0.2, 0.25) is 0 Å². The zero-order valence-corrected chi connectivity index (χ0v) is 13.0. The molecule has 1 N–H and O–H groups in total. The van der Waals surface area contributed by atoms with E-state index in [1.165, 1.54) is 24.0 Å². The molecule has 0 radical (unpaired) electrons. The van der Waals surface area contributed by atoms with Crippen molar-refractivity contribution in [3.8, 4) is 0 Å². The quantitative estimate of drug-likeness (QED) is 0.895. The molecule has 0 bridgehead atoms. The van der Waals surface area contributed by atoms with Crippen LogP contribution >= 0.6 is 0 Å². The highest BCUT2D eigenvalue weighted by molar-refractivity contribution is 5.25. The third-order valence-electron chi connectivity index (χ3n) is 4.64. The van der Waals surface area contributed by atoms with Crippen LogP contribution in [0.25, 0.3) is 0 Å². The first-order valence-electron chi connectivity index (χ1n) is 8.00. The van der Waals surface area contributed by atoms with E-state index in [0.717, 1.165) is 25.4 Å².